The third-order valence-corrected chi connectivity index (χ3v) is 16.2. The van der Waals surface area contributed by atoms with Gasteiger partial charge in [-0.15, -0.1) is 0 Å². The Bertz CT molecular complexity index is 1560. The zero-order chi connectivity index (χ0) is 55.2. The quantitative estimate of drug-likeness (QED) is 0.0273. The molecule has 0 unspecified atom stereocenters. The minimum absolute atomic E-state index is 0. The van der Waals surface area contributed by atoms with Gasteiger partial charge < -0.3 is 19.4 Å². The first-order valence-electron chi connectivity index (χ1n) is 34.1. The minimum atomic E-state index is 0. The third kappa shape index (κ3) is 40.8. The molecule has 0 saturated heterocycles. The minimum Gasteiger partial charge on any atom is -0.493 e. The van der Waals surface area contributed by atoms with Crippen LogP contribution in [0.4, 0.5) is 0 Å². The van der Waals surface area contributed by atoms with Crippen LogP contribution in [0.3, 0.4) is 0 Å². The predicted octanol–water partition coefficient (Wildman–Crippen LogP) is 26.6. The van der Waals surface area contributed by atoms with Crippen LogP contribution in [0, 0.1) is 20.8 Å². The SMILES string of the molecule is CCCCCCC1=C(c2cccc(CCCC)c2)[N+](=[N-])C(c2ccc(C)cc2)=C1CCCCC.[CH2-]CCCCCCCCCCCCCCCCCCCC.[CH2-]CCCCCCCCCCCCCCCCCCCC.[Ni+2]. The number of aryl methyl sites for hydroxylation is 2. The molecule has 0 atom stereocenters. The molecule has 446 valence electrons. The van der Waals surface area contributed by atoms with Crippen molar-refractivity contribution >= 4 is 11.4 Å². The summed E-state index contributed by atoms with van der Waals surface area (Å²) in [6.45, 7) is 21.3. The zero-order valence-electron chi connectivity index (χ0n) is 52.6. The van der Waals surface area contributed by atoms with Crippen LogP contribution < -0.4 is 0 Å². The Morgan fingerprint density at radius 2 is 0.610 bits per heavy atom. The molecule has 1 heterocycles. The van der Waals surface area contributed by atoms with E-state index in [-0.39, 0.29) is 16.5 Å². The van der Waals surface area contributed by atoms with E-state index in [4.69, 9.17) is 0 Å². The van der Waals surface area contributed by atoms with Crippen LogP contribution in [0.1, 0.15) is 371 Å². The number of hydrogen-bond donors (Lipinski definition) is 0. The van der Waals surface area contributed by atoms with Crippen molar-refractivity contribution in [1.29, 1.82) is 0 Å². The first-order chi connectivity index (χ1) is 37.4. The largest absolute Gasteiger partial charge is 2.00 e. The Hall–Kier alpha value is -1.99. The normalized spacial score (nSPS) is 12.2. The molecule has 2 aromatic carbocycles. The van der Waals surface area contributed by atoms with Crippen molar-refractivity contribution in [1.82, 2.24) is 0 Å². The Morgan fingerprint density at radius 3 is 0.948 bits per heavy atom. The number of hydrogen-bond acceptors (Lipinski definition) is 0. The van der Waals surface area contributed by atoms with Gasteiger partial charge in [0.05, 0.1) is 0 Å². The van der Waals surface area contributed by atoms with E-state index in [0.717, 1.165) is 61.0 Å². The standard InChI is InChI=1S/C32H44N2.2C21H43.Ni/c1-5-8-11-13-19-30-29(18-12-9-6-2)31(27-22-20-25(4)21-23-27)34(33)32(30)28-17-14-16-26(24-28)15-10-7-3;2*1-3-5-7-9-11-13-15-17-19-21-20-18-16-14-12-10-8-6-4-2;/h14,16-17,20-24H,5-13,15,18-19H2,1-4H3;2*1,3-21H2,2H3;/q;2*-1;+2. The van der Waals surface area contributed by atoms with Gasteiger partial charge in [0.15, 0.2) is 0 Å². The number of nitrogens with zero attached hydrogens (tertiary/aromatic N) is 2. The summed E-state index contributed by atoms with van der Waals surface area (Å²) < 4.78 is 1.53. The molecule has 0 aromatic heterocycles. The molecular weight excluding hydrogens is 976 g/mol. The maximum atomic E-state index is 11.7. The molecule has 0 aliphatic carbocycles. The summed E-state index contributed by atoms with van der Waals surface area (Å²) in [5.41, 5.74) is 21.3. The number of unbranched alkanes of at least 4 members (excludes halogenated alkanes) is 42. The van der Waals surface area contributed by atoms with Crippen molar-refractivity contribution in [2.75, 3.05) is 0 Å². The van der Waals surface area contributed by atoms with Gasteiger partial charge in [0.2, 0.25) is 11.4 Å². The number of benzene rings is 2. The fourth-order valence-electron chi connectivity index (χ4n) is 11.2. The van der Waals surface area contributed by atoms with Crippen LogP contribution in [0.15, 0.2) is 59.7 Å². The molecule has 2 nitrogen and oxygen atoms in total. The average Bonchev–Trinajstić information content (AvgIpc) is 3.74. The molecule has 0 radical (unpaired) electrons. The van der Waals surface area contributed by atoms with Gasteiger partial charge in [0.25, 0.3) is 0 Å². The molecular formula is C74H130N2Ni. The van der Waals surface area contributed by atoms with Gasteiger partial charge in [-0.25, -0.2) is 4.70 Å². The molecule has 1 aliphatic heterocycles. The van der Waals surface area contributed by atoms with Gasteiger partial charge in [-0.05, 0) is 75.3 Å². The van der Waals surface area contributed by atoms with Gasteiger partial charge in [0, 0.05) is 22.3 Å². The van der Waals surface area contributed by atoms with Crippen molar-refractivity contribution in [2.24, 2.45) is 0 Å². The van der Waals surface area contributed by atoms with E-state index in [2.05, 4.69) is 104 Å². The smallest absolute Gasteiger partial charge is 0.493 e. The van der Waals surface area contributed by atoms with E-state index < -0.39 is 0 Å². The van der Waals surface area contributed by atoms with E-state index in [9.17, 15) is 5.53 Å². The van der Waals surface area contributed by atoms with Gasteiger partial charge in [-0.2, -0.15) is 12.8 Å². The van der Waals surface area contributed by atoms with Gasteiger partial charge in [-0.3, -0.25) is 0 Å². The molecule has 1 aliphatic rings. The fourth-order valence-corrected chi connectivity index (χ4v) is 11.2. The Balaban J connectivity index is 0.00000118. The van der Waals surface area contributed by atoms with Crippen molar-refractivity contribution in [3.63, 3.8) is 0 Å². The molecule has 0 saturated carbocycles. The van der Waals surface area contributed by atoms with Crippen molar-refractivity contribution in [3.8, 4) is 0 Å². The first-order valence-corrected chi connectivity index (χ1v) is 34.1. The maximum absolute atomic E-state index is 11.7. The fraction of sp³-hybridized carbons (Fsp3) is 0.757. The van der Waals surface area contributed by atoms with Crippen molar-refractivity contribution in [2.45, 2.75) is 363 Å². The second-order valence-electron chi connectivity index (χ2n) is 23.6. The Kier molecular flexibility index (Phi) is 55.8. The van der Waals surface area contributed by atoms with E-state index in [1.807, 2.05) is 0 Å². The second-order valence-corrected chi connectivity index (χ2v) is 23.6. The van der Waals surface area contributed by atoms with Gasteiger partial charge in [0.1, 0.15) is 0 Å². The Labute approximate surface area is 493 Å². The summed E-state index contributed by atoms with van der Waals surface area (Å²) in [5.74, 6) is 0. The number of rotatable bonds is 50. The summed E-state index contributed by atoms with van der Waals surface area (Å²) in [4.78, 5) is 0. The summed E-state index contributed by atoms with van der Waals surface area (Å²) in [6, 6.07) is 17.5. The van der Waals surface area contributed by atoms with Gasteiger partial charge >= 0.3 is 16.5 Å². The predicted molar refractivity (Wildman–Crippen MR) is 344 cm³/mol. The van der Waals surface area contributed by atoms with E-state index in [1.54, 1.807) is 0 Å². The van der Waals surface area contributed by atoms with Gasteiger partial charge in [-0.1, -0.05) is 334 Å². The molecule has 2 aromatic rings. The van der Waals surface area contributed by atoms with E-state index in [1.165, 1.54) is 309 Å². The average molecular weight is 1110 g/mol. The molecule has 0 fully saturated rings. The zero-order valence-corrected chi connectivity index (χ0v) is 53.6. The molecule has 3 rings (SSSR count). The topological polar surface area (TPSA) is 25.3 Å². The monoisotopic (exact) mass is 1100 g/mol. The summed E-state index contributed by atoms with van der Waals surface area (Å²) in [7, 11) is 0. The third-order valence-electron chi connectivity index (χ3n) is 16.2. The van der Waals surface area contributed by atoms with Crippen LogP contribution in [0.2, 0.25) is 0 Å². The van der Waals surface area contributed by atoms with E-state index in [0.29, 0.717) is 0 Å². The number of allylic oxidation sites excluding steroid dienone is 2. The molecule has 3 heteroatoms. The molecule has 77 heavy (non-hydrogen) atoms. The van der Waals surface area contributed by atoms with Crippen LogP contribution in [-0.2, 0) is 22.9 Å². The van der Waals surface area contributed by atoms with Crippen LogP contribution >= 0.6 is 0 Å². The molecule has 0 amide bonds. The molecule has 0 spiro atoms. The molecule has 0 N–H and O–H groups in total. The second kappa shape index (κ2) is 57.3. The maximum Gasteiger partial charge on any atom is 2.00 e. The van der Waals surface area contributed by atoms with Crippen LogP contribution in [0.25, 0.3) is 16.9 Å². The van der Waals surface area contributed by atoms with Crippen LogP contribution in [0.5, 0.6) is 0 Å². The molecule has 0 bridgehead atoms. The van der Waals surface area contributed by atoms with E-state index >= 15 is 0 Å². The summed E-state index contributed by atoms with van der Waals surface area (Å²) in [6.07, 6.45) is 68.7. The summed E-state index contributed by atoms with van der Waals surface area (Å²) in [5, 5.41) is 0. The first kappa shape index (κ1) is 75.0. The van der Waals surface area contributed by atoms with Crippen molar-refractivity contribution < 1.29 is 21.2 Å². The Morgan fingerprint density at radius 1 is 0.325 bits per heavy atom. The van der Waals surface area contributed by atoms with Crippen molar-refractivity contribution in [3.05, 3.63) is 101 Å². The summed E-state index contributed by atoms with van der Waals surface area (Å²) >= 11 is 0. The van der Waals surface area contributed by atoms with Crippen LogP contribution in [-0.4, -0.2) is 4.70 Å².